The van der Waals surface area contributed by atoms with Gasteiger partial charge in [0.15, 0.2) is 4.67 Å². The standard InChI is InChI=1S/C10H14BrNO/c1-8-3-2-4-12(6-8)9-5-10(11)13-7-9/h5,7-8H,2-4,6H2,1H3. The van der Waals surface area contributed by atoms with Gasteiger partial charge in [-0.3, -0.25) is 0 Å². The summed E-state index contributed by atoms with van der Waals surface area (Å²) in [7, 11) is 0. The molecule has 1 fully saturated rings. The summed E-state index contributed by atoms with van der Waals surface area (Å²) < 4.78 is 6.05. The van der Waals surface area contributed by atoms with Gasteiger partial charge in [0.1, 0.15) is 6.26 Å². The minimum Gasteiger partial charge on any atom is -0.455 e. The van der Waals surface area contributed by atoms with Gasteiger partial charge in [-0.2, -0.15) is 0 Å². The summed E-state index contributed by atoms with van der Waals surface area (Å²) in [6.07, 6.45) is 4.47. The molecule has 1 aromatic heterocycles. The Bertz CT molecular complexity index is 284. The van der Waals surface area contributed by atoms with Crippen molar-refractivity contribution in [2.24, 2.45) is 5.92 Å². The average Bonchev–Trinajstić information content (AvgIpc) is 2.52. The van der Waals surface area contributed by atoms with Crippen molar-refractivity contribution in [1.82, 2.24) is 0 Å². The van der Waals surface area contributed by atoms with E-state index in [-0.39, 0.29) is 0 Å². The molecule has 1 atom stereocenters. The predicted molar refractivity (Wildman–Crippen MR) is 57.0 cm³/mol. The Morgan fingerprint density at radius 2 is 2.46 bits per heavy atom. The zero-order valence-electron chi connectivity index (χ0n) is 7.79. The fourth-order valence-corrected chi connectivity index (χ4v) is 2.22. The third kappa shape index (κ3) is 2.08. The van der Waals surface area contributed by atoms with Crippen molar-refractivity contribution in [3.05, 3.63) is 17.0 Å². The molecule has 0 N–H and O–H groups in total. The Balaban J connectivity index is 2.08. The predicted octanol–water partition coefficient (Wildman–Crippen LogP) is 3.28. The summed E-state index contributed by atoms with van der Waals surface area (Å²) in [6.45, 7) is 4.63. The van der Waals surface area contributed by atoms with Crippen LogP contribution in [-0.4, -0.2) is 13.1 Å². The van der Waals surface area contributed by atoms with E-state index >= 15 is 0 Å². The topological polar surface area (TPSA) is 16.4 Å². The van der Waals surface area contributed by atoms with E-state index in [2.05, 4.69) is 27.8 Å². The molecular formula is C10H14BrNO. The number of halogens is 1. The average molecular weight is 244 g/mol. The van der Waals surface area contributed by atoms with E-state index in [1.807, 2.05) is 12.3 Å². The first-order chi connectivity index (χ1) is 6.25. The Labute approximate surface area is 87.0 Å². The van der Waals surface area contributed by atoms with Gasteiger partial charge in [-0.05, 0) is 34.7 Å². The molecule has 0 aromatic carbocycles. The molecule has 0 saturated carbocycles. The zero-order chi connectivity index (χ0) is 9.26. The van der Waals surface area contributed by atoms with E-state index in [0.717, 1.165) is 23.7 Å². The first-order valence-corrected chi connectivity index (χ1v) is 5.54. The normalized spacial score (nSPS) is 23.5. The first kappa shape index (κ1) is 9.13. The second kappa shape index (κ2) is 3.74. The molecule has 1 unspecified atom stereocenters. The van der Waals surface area contributed by atoms with Crippen LogP contribution >= 0.6 is 15.9 Å². The monoisotopic (exact) mass is 243 g/mol. The molecule has 2 nitrogen and oxygen atoms in total. The highest BCUT2D eigenvalue weighted by Crippen LogP contribution is 2.26. The van der Waals surface area contributed by atoms with E-state index < -0.39 is 0 Å². The summed E-state index contributed by atoms with van der Waals surface area (Å²) in [6, 6.07) is 2.04. The summed E-state index contributed by atoms with van der Waals surface area (Å²) in [5, 5.41) is 0. The molecule has 72 valence electrons. The van der Waals surface area contributed by atoms with Crippen molar-refractivity contribution >= 4 is 21.6 Å². The van der Waals surface area contributed by atoms with Crippen molar-refractivity contribution in [2.75, 3.05) is 18.0 Å². The van der Waals surface area contributed by atoms with Gasteiger partial charge in [0.2, 0.25) is 0 Å². The molecular weight excluding hydrogens is 230 g/mol. The minimum absolute atomic E-state index is 0.808. The van der Waals surface area contributed by atoms with Crippen LogP contribution in [0.5, 0.6) is 0 Å². The van der Waals surface area contributed by atoms with Gasteiger partial charge in [-0.25, -0.2) is 0 Å². The van der Waals surface area contributed by atoms with Gasteiger partial charge in [0.25, 0.3) is 0 Å². The number of furan rings is 1. The molecule has 1 aliphatic rings. The van der Waals surface area contributed by atoms with Gasteiger partial charge < -0.3 is 9.32 Å². The number of piperidine rings is 1. The number of hydrogen-bond acceptors (Lipinski definition) is 2. The molecule has 3 heteroatoms. The van der Waals surface area contributed by atoms with Crippen molar-refractivity contribution in [2.45, 2.75) is 19.8 Å². The minimum atomic E-state index is 0.808. The van der Waals surface area contributed by atoms with Crippen molar-refractivity contribution < 1.29 is 4.42 Å². The third-order valence-electron chi connectivity index (χ3n) is 2.58. The highest BCUT2D eigenvalue weighted by atomic mass is 79.9. The SMILES string of the molecule is CC1CCCN(c2coc(Br)c2)C1. The highest BCUT2D eigenvalue weighted by molar-refractivity contribution is 9.10. The smallest absolute Gasteiger partial charge is 0.171 e. The molecule has 0 bridgehead atoms. The quantitative estimate of drug-likeness (QED) is 0.753. The molecule has 13 heavy (non-hydrogen) atoms. The molecule has 0 spiro atoms. The fourth-order valence-electron chi connectivity index (χ4n) is 1.89. The van der Waals surface area contributed by atoms with Gasteiger partial charge in [-0.15, -0.1) is 0 Å². The highest BCUT2D eigenvalue weighted by Gasteiger charge is 2.17. The summed E-state index contributed by atoms with van der Waals surface area (Å²) in [4.78, 5) is 2.39. The summed E-state index contributed by atoms with van der Waals surface area (Å²) >= 11 is 3.32. The summed E-state index contributed by atoms with van der Waals surface area (Å²) in [5.41, 5.74) is 1.21. The zero-order valence-corrected chi connectivity index (χ0v) is 9.38. The lowest BCUT2D eigenvalue weighted by Crippen LogP contribution is -2.33. The van der Waals surface area contributed by atoms with E-state index in [0.29, 0.717) is 0 Å². The van der Waals surface area contributed by atoms with Crippen LogP contribution in [0.15, 0.2) is 21.4 Å². The molecule has 1 aromatic rings. The van der Waals surface area contributed by atoms with Crippen LogP contribution in [0.2, 0.25) is 0 Å². The molecule has 0 amide bonds. The van der Waals surface area contributed by atoms with Gasteiger partial charge in [0.05, 0.1) is 5.69 Å². The van der Waals surface area contributed by atoms with Crippen LogP contribution in [0.1, 0.15) is 19.8 Å². The number of nitrogens with zero attached hydrogens (tertiary/aromatic N) is 1. The van der Waals surface area contributed by atoms with E-state index in [1.54, 1.807) is 0 Å². The van der Waals surface area contributed by atoms with Gasteiger partial charge in [-0.1, -0.05) is 6.92 Å². The van der Waals surface area contributed by atoms with Crippen LogP contribution in [-0.2, 0) is 0 Å². The van der Waals surface area contributed by atoms with Crippen LogP contribution < -0.4 is 4.90 Å². The molecule has 0 radical (unpaired) electrons. The Morgan fingerprint density at radius 3 is 3.08 bits per heavy atom. The lowest BCUT2D eigenvalue weighted by atomic mass is 10.0. The van der Waals surface area contributed by atoms with Crippen LogP contribution in [0, 0.1) is 5.92 Å². The van der Waals surface area contributed by atoms with Crippen molar-refractivity contribution in [1.29, 1.82) is 0 Å². The second-order valence-electron chi connectivity index (χ2n) is 3.80. The van der Waals surface area contributed by atoms with E-state index in [4.69, 9.17) is 4.42 Å². The van der Waals surface area contributed by atoms with Crippen LogP contribution in [0.4, 0.5) is 5.69 Å². The van der Waals surface area contributed by atoms with Crippen molar-refractivity contribution in [3.63, 3.8) is 0 Å². The Hall–Kier alpha value is -0.440. The Kier molecular flexibility index (Phi) is 2.63. The Morgan fingerprint density at radius 1 is 1.62 bits per heavy atom. The maximum absolute atomic E-state index is 5.23. The molecule has 0 aliphatic carbocycles. The molecule has 1 aliphatic heterocycles. The number of rotatable bonds is 1. The lowest BCUT2D eigenvalue weighted by molar-refractivity contribution is 0.445. The van der Waals surface area contributed by atoms with Crippen LogP contribution in [0.25, 0.3) is 0 Å². The van der Waals surface area contributed by atoms with Gasteiger partial charge in [0, 0.05) is 19.2 Å². The third-order valence-corrected chi connectivity index (χ3v) is 2.99. The number of hydrogen-bond donors (Lipinski definition) is 0. The van der Waals surface area contributed by atoms with E-state index in [9.17, 15) is 0 Å². The molecule has 2 rings (SSSR count). The maximum atomic E-state index is 5.23. The van der Waals surface area contributed by atoms with Crippen molar-refractivity contribution in [3.8, 4) is 0 Å². The lowest BCUT2D eigenvalue weighted by Gasteiger charge is -2.31. The van der Waals surface area contributed by atoms with E-state index in [1.165, 1.54) is 18.5 Å². The fraction of sp³-hybridized carbons (Fsp3) is 0.600. The number of anilines is 1. The largest absolute Gasteiger partial charge is 0.455 e. The molecule has 1 saturated heterocycles. The van der Waals surface area contributed by atoms with Gasteiger partial charge >= 0.3 is 0 Å². The summed E-state index contributed by atoms with van der Waals surface area (Å²) in [5.74, 6) is 0.808. The molecule has 2 heterocycles. The second-order valence-corrected chi connectivity index (χ2v) is 4.58. The first-order valence-electron chi connectivity index (χ1n) is 4.74. The maximum Gasteiger partial charge on any atom is 0.171 e. The van der Waals surface area contributed by atoms with Crippen LogP contribution in [0.3, 0.4) is 0 Å².